The molecule has 3 aromatic rings. The molecule has 22 heavy (non-hydrogen) atoms. The summed E-state index contributed by atoms with van der Waals surface area (Å²) in [6.45, 7) is 0. The highest BCUT2D eigenvalue weighted by Crippen LogP contribution is 2.19. The third-order valence-corrected chi connectivity index (χ3v) is 2.98. The fraction of sp³-hybridized carbons (Fsp3) is 0. The van der Waals surface area contributed by atoms with Crippen LogP contribution < -0.4 is 5.43 Å². The van der Waals surface area contributed by atoms with Crippen LogP contribution in [0.15, 0.2) is 76.4 Å². The van der Waals surface area contributed by atoms with Crippen molar-refractivity contribution in [2.75, 3.05) is 0 Å². The molecule has 5 nitrogen and oxygen atoms in total. The van der Waals surface area contributed by atoms with Crippen LogP contribution >= 0.6 is 0 Å². The van der Waals surface area contributed by atoms with E-state index in [0.29, 0.717) is 5.76 Å². The minimum atomic E-state index is -0.418. The summed E-state index contributed by atoms with van der Waals surface area (Å²) >= 11 is 0. The van der Waals surface area contributed by atoms with Gasteiger partial charge in [-0.05, 0) is 5.56 Å². The number of rotatable bonds is 4. The van der Waals surface area contributed by atoms with E-state index in [4.69, 9.17) is 4.52 Å². The molecule has 5 heteroatoms. The molecule has 0 aliphatic carbocycles. The molecule has 108 valence electrons. The number of hydrazone groups is 1. The first-order valence-corrected chi connectivity index (χ1v) is 6.73. The summed E-state index contributed by atoms with van der Waals surface area (Å²) in [6.07, 6.45) is 1.57. The number of carbonyl (C=O) groups excluding carboxylic acids is 1. The molecule has 0 unspecified atom stereocenters. The SMILES string of the molecule is O=C(N/N=C/c1ccccc1)c1cc(-c2ccccc2)on1. The van der Waals surface area contributed by atoms with Crippen LogP contribution in [0.4, 0.5) is 0 Å². The summed E-state index contributed by atoms with van der Waals surface area (Å²) in [5.74, 6) is 0.121. The maximum absolute atomic E-state index is 11.9. The van der Waals surface area contributed by atoms with Crippen molar-refractivity contribution < 1.29 is 9.32 Å². The second-order valence-corrected chi connectivity index (χ2v) is 4.55. The minimum absolute atomic E-state index is 0.184. The van der Waals surface area contributed by atoms with Crippen molar-refractivity contribution in [3.8, 4) is 11.3 Å². The number of carbonyl (C=O) groups is 1. The molecule has 0 fully saturated rings. The summed E-state index contributed by atoms with van der Waals surface area (Å²) in [5.41, 5.74) is 4.36. The van der Waals surface area contributed by atoms with Crippen molar-refractivity contribution in [3.63, 3.8) is 0 Å². The van der Waals surface area contributed by atoms with E-state index in [1.807, 2.05) is 60.7 Å². The quantitative estimate of drug-likeness (QED) is 0.593. The number of benzene rings is 2. The van der Waals surface area contributed by atoms with Gasteiger partial charge < -0.3 is 4.52 Å². The Morgan fingerprint density at radius 2 is 1.73 bits per heavy atom. The Morgan fingerprint density at radius 3 is 2.45 bits per heavy atom. The summed E-state index contributed by atoms with van der Waals surface area (Å²) in [6, 6.07) is 20.5. The van der Waals surface area contributed by atoms with Crippen molar-refractivity contribution in [3.05, 3.63) is 78.0 Å². The van der Waals surface area contributed by atoms with Crippen LogP contribution in [0.3, 0.4) is 0 Å². The number of hydrogen-bond acceptors (Lipinski definition) is 4. The maximum atomic E-state index is 11.9. The number of aromatic nitrogens is 1. The van der Waals surface area contributed by atoms with Gasteiger partial charge in [0, 0.05) is 11.6 Å². The second kappa shape index (κ2) is 6.49. The molecule has 0 spiro atoms. The third-order valence-electron chi connectivity index (χ3n) is 2.98. The lowest BCUT2D eigenvalue weighted by molar-refractivity contribution is 0.0946. The molecule has 0 saturated heterocycles. The van der Waals surface area contributed by atoms with E-state index in [2.05, 4.69) is 15.7 Å². The van der Waals surface area contributed by atoms with Gasteiger partial charge in [-0.15, -0.1) is 0 Å². The second-order valence-electron chi connectivity index (χ2n) is 4.55. The lowest BCUT2D eigenvalue weighted by atomic mass is 10.1. The number of hydrogen-bond donors (Lipinski definition) is 1. The zero-order chi connectivity index (χ0) is 15.2. The number of nitrogens with zero attached hydrogens (tertiary/aromatic N) is 2. The van der Waals surface area contributed by atoms with E-state index in [9.17, 15) is 4.79 Å². The number of nitrogens with one attached hydrogen (secondary N) is 1. The molecular weight excluding hydrogens is 278 g/mol. The highest BCUT2D eigenvalue weighted by molar-refractivity contribution is 5.93. The molecule has 0 aliphatic rings. The molecule has 1 N–H and O–H groups in total. The largest absolute Gasteiger partial charge is 0.355 e. The van der Waals surface area contributed by atoms with Crippen LogP contribution in [0.2, 0.25) is 0 Å². The van der Waals surface area contributed by atoms with Crippen LogP contribution in [0, 0.1) is 0 Å². The van der Waals surface area contributed by atoms with E-state index >= 15 is 0 Å². The first-order chi connectivity index (χ1) is 10.8. The zero-order valence-corrected chi connectivity index (χ0v) is 11.6. The van der Waals surface area contributed by atoms with Crippen LogP contribution in [0.25, 0.3) is 11.3 Å². The fourth-order valence-corrected chi connectivity index (χ4v) is 1.88. The van der Waals surface area contributed by atoms with Gasteiger partial charge in [0.1, 0.15) is 0 Å². The molecular formula is C17H13N3O2. The van der Waals surface area contributed by atoms with Crippen molar-refractivity contribution in [1.29, 1.82) is 0 Å². The lowest BCUT2D eigenvalue weighted by Crippen LogP contribution is -2.17. The molecule has 0 atom stereocenters. The minimum Gasteiger partial charge on any atom is -0.355 e. The average molecular weight is 291 g/mol. The molecule has 0 saturated carbocycles. The normalized spacial score (nSPS) is 10.7. The van der Waals surface area contributed by atoms with Gasteiger partial charge in [-0.2, -0.15) is 5.10 Å². The Bertz CT molecular complexity index is 780. The zero-order valence-electron chi connectivity index (χ0n) is 11.6. The molecule has 1 heterocycles. The smallest absolute Gasteiger partial charge is 0.293 e. The van der Waals surface area contributed by atoms with Gasteiger partial charge in [-0.25, -0.2) is 5.43 Å². The molecule has 0 radical (unpaired) electrons. The lowest BCUT2D eigenvalue weighted by Gasteiger charge is -1.94. The van der Waals surface area contributed by atoms with Crippen molar-refractivity contribution in [2.24, 2.45) is 5.10 Å². The predicted octanol–water partition coefficient (Wildman–Crippen LogP) is 3.11. The van der Waals surface area contributed by atoms with Crippen LogP contribution in [0.5, 0.6) is 0 Å². The maximum Gasteiger partial charge on any atom is 0.293 e. The van der Waals surface area contributed by atoms with E-state index in [-0.39, 0.29) is 5.69 Å². The van der Waals surface area contributed by atoms with Gasteiger partial charge in [0.2, 0.25) is 0 Å². The van der Waals surface area contributed by atoms with Gasteiger partial charge in [0.05, 0.1) is 6.21 Å². The van der Waals surface area contributed by atoms with Crippen molar-refractivity contribution in [2.45, 2.75) is 0 Å². The van der Waals surface area contributed by atoms with Gasteiger partial charge in [-0.1, -0.05) is 65.8 Å². The summed E-state index contributed by atoms with van der Waals surface area (Å²) in [7, 11) is 0. The first-order valence-electron chi connectivity index (χ1n) is 6.73. The van der Waals surface area contributed by atoms with Crippen LogP contribution in [0.1, 0.15) is 16.1 Å². The summed E-state index contributed by atoms with van der Waals surface area (Å²) in [5, 5.41) is 7.65. The molecule has 1 aromatic heterocycles. The van der Waals surface area contributed by atoms with Crippen molar-refractivity contribution in [1.82, 2.24) is 10.6 Å². The average Bonchev–Trinajstić information content (AvgIpc) is 3.07. The number of amides is 1. The monoisotopic (exact) mass is 291 g/mol. The van der Waals surface area contributed by atoms with Gasteiger partial charge in [0.15, 0.2) is 11.5 Å². The summed E-state index contributed by atoms with van der Waals surface area (Å²) in [4.78, 5) is 11.9. The standard InChI is InChI=1S/C17H13N3O2/c21-17(19-18-12-13-7-3-1-4-8-13)15-11-16(22-20-15)14-9-5-2-6-10-14/h1-12H,(H,19,21)/b18-12+. The Balaban J connectivity index is 1.66. The predicted molar refractivity (Wildman–Crippen MR) is 83.4 cm³/mol. The van der Waals surface area contributed by atoms with Gasteiger partial charge >= 0.3 is 0 Å². The van der Waals surface area contributed by atoms with Gasteiger partial charge in [0.25, 0.3) is 5.91 Å². The topological polar surface area (TPSA) is 67.5 Å². The van der Waals surface area contributed by atoms with E-state index < -0.39 is 5.91 Å². The van der Waals surface area contributed by atoms with Crippen LogP contribution in [-0.4, -0.2) is 17.3 Å². The van der Waals surface area contributed by atoms with E-state index in [1.165, 1.54) is 0 Å². The van der Waals surface area contributed by atoms with E-state index in [1.54, 1.807) is 12.3 Å². The van der Waals surface area contributed by atoms with E-state index in [0.717, 1.165) is 11.1 Å². The third kappa shape index (κ3) is 3.27. The Hall–Kier alpha value is -3.21. The Morgan fingerprint density at radius 1 is 1.05 bits per heavy atom. The van der Waals surface area contributed by atoms with Gasteiger partial charge in [-0.3, -0.25) is 4.79 Å². The first kappa shape index (κ1) is 13.8. The van der Waals surface area contributed by atoms with Crippen LogP contribution in [-0.2, 0) is 0 Å². The molecule has 2 aromatic carbocycles. The highest BCUT2D eigenvalue weighted by Gasteiger charge is 2.12. The Kier molecular flexibility index (Phi) is 4.06. The van der Waals surface area contributed by atoms with Crippen molar-refractivity contribution >= 4 is 12.1 Å². The fourth-order valence-electron chi connectivity index (χ4n) is 1.88. The molecule has 0 bridgehead atoms. The Labute approximate surface area is 127 Å². The highest BCUT2D eigenvalue weighted by atomic mass is 16.5. The summed E-state index contributed by atoms with van der Waals surface area (Å²) < 4.78 is 5.17. The molecule has 0 aliphatic heterocycles. The molecule has 3 rings (SSSR count). The molecule has 1 amide bonds.